The number of hydrogen-bond acceptors (Lipinski definition) is 6. The predicted octanol–water partition coefficient (Wildman–Crippen LogP) is 3.80. The topological polar surface area (TPSA) is 64.0 Å². The zero-order valence-corrected chi connectivity index (χ0v) is 16.9. The monoisotopic (exact) mass is 384 g/mol. The Bertz CT molecular complexity index is 956. The Morgan fingerprint density at radius 1 is 0.643 bits per heavy atom. The van der Waals surface area contributed by atoms with E-state index in [0.29, 0.717) is 28.7 Å². The summed E-state index contributed by atoms with van der Waals surface area (Å²) in [5, 5.41) is 4.65. The van der Waals surface area contributed by atoms with Crippen LogP contribution in [0.2, 0.25) is 0 Å². The van der Waals surface area contributed by atoms with E-state index in [9.17, 15) is 0 Å². The van der Waals surface area contributed by atoms with Crippen LogP contribution in [-0.4, -0.2) is 45.3 Å². The first-order valence-electron chi connectivity index (χ1n) is 8.63. The zero-order valence-electron chi connectivity index (χ0n) is 16.9. The summed E-state index contributed by atoms with van der Waals surface area (Å²) in [5.74, 6) is 3.06. The molecule has 3 rings (SSSR count). The van der Waals surface area contributed by atoms with Gasteiger partial charge in [0.1, 0.15) is 0 Å². The summed E-state index contributed by atoms with van der Waals surface area (Å²) in [4.78, 5) is 0. The van der Waals surface area contributed by atoms with Gasteiger partial charge >= 0.3 is 0 Å². The summed E-state index contributed by atoms with van der Waals surface area (Å²) in [5.41, 5.74) is 3.54. The van der Waals surface area contributed by atoms with Gasteiger partial charge in [-0.15, -0.1) is 0 Å². The summed E-state index contributed by atoms with van der Waals surface area (Å²) >= 11 is 0. The van der Waals surface area contributed by atoms with Crippen LogP contribution in [0.5, 0.6) is 28.7 Å². The molecule has 0 radical (unpaired) electrons. The van der Waals surface area contributed by atoms with Gasteiger partial charge in [-0.3, -0.25) is 4.68 Å². The molecule has 0 aliphatic heterocycles. The van der Waals surface area contributed by atoms with Crippen LogP contribution in [0.3, 0.4) is 0 Å². The molecule has 0 fully saturated rings. The molecule has 7 heteroatoms. The molecule has 2 aromatic carbocycles. The molecule has 0 aliphatic rings. The summed E-state index contributed by atoms with van der Waals surface area (Å²) < 4.78 is 28.8. The molecular weight excluding hydrogens is 360 g/mol. The first kappa shape index (κ1) is 19.4. The van der Waals surface area contributed by atoms with E-state index in [1.165, 1.54) is 0 Å². The number of aromatic nitrogens is 2. The molecule has 0 saturated heterocycles. The number of hydrogen-bond donors (Lipinski definition) is 0. The second-order valence-corrected chi connectivity index (χ2v) is 6.02. The van der Waals surface area contributed by atoms with E-state index < -0.39 is 0 Å². The van der Waals surface area contributed by atoms with Gasteiger partial charge in [-0.25, -0.2) is 0 Å². The molecule has 7 nitrogen and oxygen atoms in total. The van der Waals surface area contributed by atoms with Crippen molar-refractivity contribution >= 4 is 0 Å². The summed E-state index contributed by atoms with van der Waals surface area (Å²) in [6.45, 7) is 0. The minimum Gasteiger partial charge on any atom is -0.493 e. The second kappa shape index (κ2) is 8.12. The van der Waals surface area contributed by atoms with E-state index in [2.05, 4.69) is 5.10 Å². The minimum absolute atomic E-state index is 0.552. The lowest BCUT2D eigenvalue weighted by Gasteiger charge is -2.14. The molecule has 0 amide bonds. The largest absolute Gasteiger partial charge is 0.493 e. The minimum atomic E-state index is 0.552. The highest BCUT2D eigenvalue weighted by molar-refractivity contribution is 5.74. The van der Waals surface area contributed by atoms with Crippen molar-refractivity contribution in [3.8, 4) is 51.3 Å². The molecular formula is C21H24N2O5. The first-order chi connectivity index (χ1) is 13.6. The van der Waals surface area contributed by atoms with E-state index in [4.69, 9.17) is 23.7 Å². The molecule has 1 aromatic heterocycles. The van der Waals surface area contributed by atoms with Gasteiger partial charge in [0.15, 0.2) is 23.0 Å². The lowest BCUT2D eigenvalue weighted by molar-refractivity contribution is 0.324. The molecule has 0 spiro atoms. The van der Waals surface area contributed by atoms with Crippen molar-refractivity contribution in [2.45, 2.75) is 0 Å². The van der Waals surface area contributed by atoms with Gasteiger partial charge in [0.2, 0.25) is 5.75 Å². The van der Waals surface area contributed by atoms with Crippen LogP contribution in [0.1, 0.15) is 0 Å². The molecule has 1 heterocycles. The third-order valence-electron chi connectivity index (χ3n) is 4.52. The van der Waals surface area contributed by atoms with E-state index in [0.717, 1.165) is 22.5 Å². The maximum absolute atomic E-state index is 5.46. The van der Waals surface area contributed by atoms with Crippen LogP contribution in [0.15, 0.2) is 36.4 Å². The Balaban J connectivity index is 2.08. The number of ether oxygens (including phenoxy) is 5. The maximum atomic E-state index is 5.46. The van der Waals surface area contributed by atoms with Crippen molar-refractivity contribution < 1.29 is 23.7 Å². The fraction of sp³-hybridized carbons (Fsp3) is 0.286. The molecule has 148 valence electrons. The fourth-order valence-electron chi connectivity index (χ4n) is 3.10. The van der Waals surface area contributed by atoms with Gasteiger partial charge in [0, 0.05) is 18.2 Å². The zero-order chi connectivity index (χ0) is 20.3. The third kappa shape index (κ3) is 3.43. The molecule has 0 unspecified atom stereocenters. The fourth-order valence-corrected chi connectivity index (χ4v) is 3.10. The molecule has 28 heavy (non-hydrogen) atoms. The van der Waals surface area contributed by atoms with Crippen LogP contribution < -0.4 is 23.7 Å². The Hall–Kier alpha value is -3.35. The van der Waals surface area contributed by atoms with E-state index >= 15 is 0 Å². The Morgan fingerprint density at radius 2 is 1.21 bits per heavy atom. The summed E-state index contributed by atoms with van der Waals surface area (Å²) in [7, 11) is 9.89. The van der Waals surface area contributed by atoms with Crippen LogP contribution in [-0.2, 0) is 7.05 Å². The highest BCUT2D eigenvalue weighted by Gasteiger charge is 2.17. The molecule has 0 saturated carbocycles. The smallest absolute Gasteiger partial charge is 0.203 e. The summed E-state index contributed by atoms with van der Waals surface area (Å²) in [6, 6.07) is 11.5. The van der Waals surface area contributed by atoms with Crippen molar-refractivity contribution in [3.05, 3.63) is 36.4 Å². The Labute approximate surface area is 164 Å². The second-order valence-electron chi connectivity index (χ2n) is 6.02. The average Bonchev–Trinajstić information content (AvgIpc) is 3.13. The van der Waals surface area contributed by atoms with Crippen molar-refractivity contribution in [1.29, 1.82) is 0 Å². The predicted molar refractivity (Wildman–Crippen MR) is 107 cm³/mol. The molecule has 3 aromatic rings. The van der Waals surface area contributed by atoms with Gasteiger partial charge in [0.25, 0.3) is 0 Å². The van der Waals surface area contributed by atoms with E-state index in [1.54, 1.807) is 35.5 Å². The van der Waals surface area contributed by atoms with Crippen molar-refractivity contribution in [2.75, 3.05) is 35.5 Å². The average molecular weight is 384 g/mol. The standard InChI is InChI=1S/C21H24N2O5/c1-23-16(14-10-19(26-4)21(28-6)20(11-14)27-5)12-15(22-23)13-7-8-17(24-2)18(9-13)25-3/h7-12H,1-6H3. The highest BCUT2D eigenvalue weighted by atomic mass is 16.5. The number of nitrogens with zero attached hydrogens (tertiary/aromatic N) is 2. The van der Waals surface area contributed by atoms with Gasteiger partial charge < -0.3 is 23.7 Å². The third-order valence-corrected chi connectivity index (χ3v) is 4.52. The van der Waals surface area contributed by atoms with Gasteiger partial charge in [0.05, 0.1) is 46.9 Å². The van der Waals surface area contributed by atoms with Crippen LogP contribution in [0, 0.1) is 0 Å². The van der Waals surface area contributed by atoms with E-state index in [-0.39, 0.29) is 0 Å². The molecule has 0 aliphatic carbocycles. The molecule has 0 bridgehead atoms. The van der Waals surface area contributed by atoms with Crippen LogP contribution in [0.25, 0.3) is 22.5 Å². The Kier molecular flexibility index (Phi) is 5.63. The lowest BCUT2D eigenvalue weighted by atomic mass is 10.1. The quantitative estimate of drug-likeness (QED) is 0.617. The lowest BCUT2D eigenvalue weighted by Crippen LogP contribution is -1.98. The van der Waals surface area contributed by atoms with Gasteiger partial charge in [-0.2, -0.15) is 5.10 Å². The SMILES string of the molecule is COc1ccc(-c2cc(-c3cc(OC)c(OC)c(OC)c3)n(C)n2)cc1OC. The highest BCUT2D eigenvalue weighted by Crippen LogP contribution is 2.42. The van der Waals surface area contributed by atoms with Crippen LogP contribution in [0.4, 0.5) is 0 Å². The number of methoxy groups -OCH3 is 5. The van der Waals surface area contributed by atoms with E-state index in [1.807, 2.05) is 48.1 Å². The van der Waals surface area contributed by atoms with Crippen molar-refractivity contribution in [1.82, 2.24) is 9.78 Å². The molecule has 0 atom stereocenters. The Morgan fingerprint density at radius 3 is 1.75 bits per heavy atom. The molecule has 0 N–H and O–H groups in total. The van der Waals surface area contributed by atoms with Crippen molar-refractivity contribution in [2.24, 2.45) is 7.05 Å². The van der Waals surface area contributed by atoms with Crippen molar-refractivity contribution in [3.63, 3.8) is 0 Å². The number of rotatable bonds is 7. The first-order valence-corrected chi connectivity index (χ1v) is 8.63. The summed E-state index contributed by atoms with van der Waals surface area (Å²) in [6.07, 6.45) is 0. The normalized spacial score (nSPS) is 10.5. The maximum Gasteiger partial charge on any atom is 0.203 e. The number of benzene rings is 2. The van der Waals surface area contributed by atoms with Crippen LogP contribution >= 0.6 is 0 Å². The van der Waals surface area contributed by atoms with Gasteiger partial charge in [-0.05, 0) is 36.4 Å². The van der Waals surface area contributed by atoms with Gasteiger partial charge in [-0.1, -0.05) is 0 Å². The number of aryl methyl sites for hydroxylation is 1.